The Bertz CT molecular complexity index is 1090. The van der Waals surface area contributed by atoms with Gasteiger partial charge in [0, 0.05) is 50.5 Å². The molecule has 9 heteroatoms. The molecular weight excluding hydrogens is 444 g/mol. The van der Waals surface area contributed by atoms with Crippen molar-refractivity contribution in [3.63, 3.8) is 0 Å². The second-order valence-electron chi connectivity index (χ2n) is 8.88. The zero-order valence-electron chi connectivity index (χ0n) is 18.6. The molecule has 3 aliphatic rings. The highest BCUT2D eigenvalue weighted by Crippen LogP contribution is 2.37. The highest BCUT2D eigenvalue weighted by atomic mass is 32.2. The van der Waals surface area contributed by atoms with Crippen LogP contribution in [0.4, 0.5) is 14.5 Å². The van der Waals surface area contributed by atoms with Crippen LogP contribution in [0, 0.1) is 17.6 Å². The second-order valence-corrected chi connectivity index (χ2v) is 9.94. The van der Waals surface area contributed by atoms with Crippen molar-refractivity contribution in [3.05, 3.63) is 53.9 Å². The van der Waals surface area contributed by atoms with Gasteiger partial charge in [-0.05, 0) is 43.5 Å². The van der Waals surface area contributed by atoms with E-state index >= 15 is 0 Å². The van der Waals surface area contributed by atoms with Crippen molar-refractivity contribution in [2.45, 2.75) is 30.5 Å². The van der Waals surface area contributed by atoms with Crippen LogP contribution in [0.15, 0.2) is 41.6 Å². The number of fused-ring (bicyclic) bond motifs is 1. The van der Waals surface area contributed by atoms with Crippen LogP contribution in [0.1, 0.15) is 25.1 Å². The van der Waals surface area contributed by atoms with Gasteiger partial charge in [-0.3, -0.25) is 4.79 Å². The number of anilines is 1. The summed E-state index contributed by atoms with van der Waals surface area (Å²) >= 11 is 1.66. The quantitative estimate of drug-likeness (QED) is 0.454. The van der Waals surface area contributed by atoms with E-state index < -0.39 is 11.6 Å². The van der Waals surface area contributed by atoms with Crippen LogP contribution in [0.2, 0.25) is 0 Å². The van der Waals surface area contributed by atoms with Gasteiger partial charge in [0.25, 0.3) is 0 Å². The van der Waals surface area contributed by atoms with Gasteiger partial charge in [-0.25, -0.2) is 8.78 Å². The van der Waals surface area contributed by atoms with E-state index in [-0.39, 0.29) is 17.5 Å². The lowest BCUT2D eigenvalue weighted by Gasteiger charge is -2.27. The predicted molar refractivity (Wildman–Crippen MR) is 125 cm³/mol. The predicted octanol–water partition coefficient (Wildman–Crippen LogP) is 3.70. The number of likely N-dealkylation sites (tertiary alicyclic amines) is 1. The third-order valence-corrected chi connectivity index (χ3v) is 7.83. The highest BCUT2D eigenvalue weighted by Gasteiger charge is 2.42. The summed E-state index contributed by atoms with van der Waals surface area (Å²) in [4.78, 5) is 16.0. The minimum absolute atomic E-state index is 0.0800. The average molecular weight is 472 g/mol. The molecule has 0 bridgehead atoms. The maximum Gasteiger partial charge on any atom is 0.191 e. The normalized spacial score (nSPS) is 22.8. The smallest absolute Gasteiger partial charge is 0.191 e. The number of nitrogens with zero attached hydrogens (tertiary/aromatic N) is 5. The van der Waals surface area contributed by atoms with Crippen molar-refractivity contribution in [1.29, 1.82) is 0 Å². The number of aromatic nitrogens is 3. The maximum atomic E-state index is 14.3. The first kappa shape index (κ1) is 22.3. The molecule has 1 aromatic heterocycles. The van der Waals surface area contributed by atoms with E-state index in [1.165, 1.54) is 18.2 Å². The summed E-state index contributed by atoms with van der Waals surface area (Å²) in [6.45, 7) is 3.47. The zero-order chi connectivity index (χ0) is 22.9. The first-order valence-corrected chi connectivity index (χ1v) is 12.4. The minimum atomic E-state index is -0.475. The Balaban J connectivity index is 1.13. The van der Waals surface area contributed by atoms with Crippen molar-refractivity contribution in [3.8, 4) is 0 Å². The van der Waals surface area contributed by atoms with E-state index in [0.29, 0.717) is 24.7 Å². The fraction of sp³-hybridized carbons (Fsp3) is 0.458. The van der Waals surface area contributed by atoms with Crippen molar-refractivity contribution >= 4 is 28.8 Å². The molecule has 3 heterocycles. The molecule has 2 fully saturated rings. The molecule has 2 atom stereocenters. The van der Waals surface area contributed by atoms with Gasteiger partial charge >= 0.3 is 0 Å². The molecule has 0 spiro atoms. The molecule has 0 radical (unpaired) electrons. The molecule has 0 N–H and O–H groups in total. The molecule has 6 nitrogen and oxygen atoms in total. The van der Waals surface area contributed by atoms with Crippen molar-refractivity contribution in [2.75, 3.05) is 36.8 Å². The third-order valence-electron chi connectivity index (χ3n) is 6.72. The van der Waals surface area contributed by atoms with Crippen LogP contribution in [0.25, 0.3) is 5.57 Å². The topological polar surface area (TPSA) is 54.3 Å². The monoisotopic (exact) mass is 471 g/mol. The Labute approximate surface area is 196 Å². The molecule has 1 aliphatic carbocycles. The number of thioether (sulfide) groups is 1. The molecule has 33 heavy (non-hydrogen) atoms. The molecule has 2 aromatic rings. The summed E-state index contributed by atoms with van der Waals surface area (Å²) in [5.41, 5.74) is 0.928. The Morgan fingerprint density at radius 1 is 1.18 bits per heavy atom. The molecule has 2 unspecified atom stereocenters. The van der Waals surface area contributed by atoms with Crippen LogP contribution >= 0.6 is 11.8 Å². The van der Waals surface area contributed by atoms with Crippen LogP contribution < -0.4 is 4.90 Å². The van der Waals surface area contributed by atoms with E-state index in [1.54, 1.807) is 17.8 Å². The number of hydrogen-bond acceptors (Lipinski definition) is 6. The summed E-state index contributed by atoms with van der Waals surface area (Å²) in [7, 11) is 1.92. The Kier molecular flexibility index (Phi) is 6.34. The molecule has 1 aromatic carbocycles. The van der Waals surface area contributed by atoms with Gasteiger partial charge in [-0.2, -0.15) is 0 Å². The number of carbonyl (C=O) groups is 1. The molecule has 0 saturated carbocycles. The van der Waals surface area contributed by atoms with Crippen LogP contribution in [0.5, 0.6) is 0 Å². The third kappa shape index (κ3) is 4.48. The Morgan fingerprint density at radius 2 is 2.00 bits per heavy atom. The Hall–Kier alpha value is -2.52. The number of rotatable bonds is 7. The summed E-state index contributed by atoms with van der Waals surface area (Å²) in [6.07, 6.45) is 7.79. The lowest BCUT2D eigenvalue weighted by Crippen LogP contribution is -2.36. The fourth-order valence-corrected chi connectivity index (χ4v) is 5.97. The van der Waals surface area contributed by atoms with Crippen molar-refractivity contribution < 1.29 is 13.6 Å². The molecule has 5 rings (SSSR count). The minimum Gasteiger partial charge on any atom is -0.362 e. The number of halogens is 2. The van der Waals surface area contributed by atoms with Gasteiger partial charge in [0.05, 0.1) is 0 Å². The van der Waals surface area contributed by atoms with E-state index in [2.05, 4.69) is 15.1 Å². The number of para-hydroxylation sites is 1. The van der Waals surface area contributed by atoms with Gasteiger partial charge in [0.1, 0.15) is 17.3 Å². The molecule has 2 aliphatic heterocycles. The largest absolute Gasteiger partial charge is 0.362 e. The van der Waals surface area contributed by atoms with E-state index in [0.717, 1.165) is 49.0 Å². The number of carbonyl (C=O) groups excluding carboxylic acids is 1. The lowest BCUT2D eigenvalue weighted by atomic mass is 10.0. The number of benzene rings is 1. The lowest BCUT2D eigenvalue weighted by molar-refractivity contribution is -0.113. The SMILES string of the molecule is Cn1c(SCCCN2CC3CCN(c4c(F)cccc4F)C3C2)nnc1C1=CC(=O)CC=C1. The number of ketones is 1. The van der Waals surface area contributed by atoms with Gasteiger partial charge in [0.2, 0.25) is 0 Å². The number of hydrogen-bond donors (Lipinski definition) is 0. The second kappa shape index (κ2) is 9.38. The van der Waals surface area contributed by atoms with Gasteiger partial charge in [0.15, 0.2) is 16.8 Å². The van der Waals surface area contributed by atoms with Crippen molar-refractivity contribution in [2.24, 2.45) is 13.0 Å². The Morgan fingerprint density at radius 3 is 2.79 bits per heavy atom. The van der Waals surface area contributed by atoms with Crippen LogP contribution in [-0.4, -0.2) is 63.4 Å². The summed E-state index contributed by atoms with van der Waals surface area (Å²) in [5.74, 6) is 1.19. The van der Waals surface area contributed by atoms with E-state index in [4.69, 9.17) is 0 Å². The molecule has 0 amide bonds. The first-order chi connectivity index (χ1) is 16.0. The highest BCUT2D eigenvalue weighted by molar-refractivity contribution is 7.99. The fourth-order valence-electron chi connectivity index (χ4n) is 5.14. The first-order valence-electron chi connectivity index (χ1n) is 11.4. The van der Waals surface area contributed by atoms with Crippen LogP contribution in [0.3, 0.4) is 0 Å². The van der Waals surface area contributed by atoms with Crippen molar-refractivity contribution in [1.82, 2.24) is 19.7 Å². The summed E-state index contributed by atoms with van der Waals surface area (Å²) in [5, 5.41) is 9.38. The maximum absolute atomic E-state index is 14.3. The van der Waals surface area contributed by atoms with E-state index in [1.807, 2.05) is 28.7 Å². The number of allylic oxidation sites excluding steroid dienone is 4. The molecular formula is C24H27F2N5OS. The van der Waals surface area contributed by atoms with Gasteiger partial charge in [-0.15, -0.1) is 10.2 Å². The summed E-state index contributed by atoms with van der Waals surface area (Å²) in [6, 6.07) is 4.27. The van der Waals surface area contributed by atoms with E-state index in [9.17, 15) is 13.6 Å². The summed E-state index contributed by atoms with van der Waals surface area (Å²) < 4.78 is 30.5. The van der Waals surface area contributed by atoms with Gasteiger partial charge < -0.3 is 14.4 Å². The zero-order valence-corrected chi connectivity index (χ0v) is 19.4. The standard InChI is InChI=1S/C24H27F2N5OS/c1-29-23(16-5-2-6-18(32)13-16)27-28-24(29)33-12-4-10-30-14-17-9-11-31(21(17)15-30)22-19(25)7-3-8-20(22)26/h2-3,5,7-8,13,17,21H,4,6,9-12,14-15H2,1H3. The average Bonchev–Trinajstić information content (AvgIpc) is 3.46. The molecule has 2 saturated heterocycles. The van der Waals surface area contributed by atoms with Crippen LogP contribution in [-0.2, 0) is 11.8 Å². The van der Waals surface area contributed by atoms with Gasteiger partial charge in [-0.1, -0.05) is 30.0 Å². The molecule has 174 valence electrons.